The maximum atomic E-state index is 14.0. The van der Waals surface area contributed by atoms with Crippen molar-refractivity contribution >= 4 is 11.6 Å². The standard InChI is InChI=1S/C16H25FN4O/c1-4-18-16(21-8-7-13(22)11-21)19-10-12-5-6-15(20(2)3)14(17)9-12/h5-6,9,13,22H,4,7-8,10-11H2,1-3H3,(H,18,19)/t13-/m1/s1. The van der Waals surface area contributed by atoms with E-state index in [0.29, 0.717) is 18.8 Å². The average Bonchev–Trinajstić information content (AvgIpc) is 2.89. The van der Waals surface area contributed by atoms with Crippen LogP contribution in [0.3, 0.4) is 0 Å². The molecule has 5 nitrogen and oxygen atoms in total. The molecule has 0 amide bonds. The van der Waals surface area contributed by atoms with Crippen molar-refractivity contribution in [2.75, 3.05) is 38.6 Å². The summed E-state index contributed by atoms with van der Waals surface area (Å²) < 4.78 is 14.0. The Morgan fingerprint density at radius 3 is 2.82 bits per heavy atom. The van der Waals surface area contributed by atoms with Gasteiger partial charge in [0.1, 0.15) is 5.82 Å². The van der Waals surface area contributed by atoms with Crippen molar-refractivity contribution < 1.29 is 9.50 Å². The number of benzene rings is 1. The smallest absolute Gasteiger partial charge is 0.194 e. The van der Waals surface area contributed by atoms with Crippen LogP contribution in [0.1, 0.15) is 18.9 Å². The Morgan fingerprint density at radius 2 is 2.27 bits per heavy atom. The van der Waals surface area contributed by atoms with E-state index in [1.54, 1.807) is 11.0 Å². The van der Waals surface area contributed by atoms with Crippen molar-refractivity contribution in [3.63, 3.8) is 0 Å². The first-order valence-electron chi connectivity index (χ1n) is 7.68. The number of halogens is 1. The molecule has 0 radical (unpaired) electrons. The maximum absolute atomic E-state index is 14.0. The predicted molar refractivity (Wildman–Crippen MR) is 87.7 cm³/mol. The topological polar surface area (TPSA) is 51.1 Å². The van der Waals surface area contributed by atoms with E-state index in [0.717, 1.165) is 31.0 Å². The monoisotopic (exact) mass is 308 g/mol. The van der Waals surface area contributed by atoms with Crippen LogP contribution >= 0.6 is 0 Å². The van der Waals surface area contributed by atoms with Crippen LogP contribution in [0, 0.1) is 5.82 Å². The van der Waals surface area contributed by atoms with Gasteiger partial charge < -0.3 is 20.2 Å². The molecule has 6 heteroatoms. The van der Waals surface area contributed by atoms with E-state index < -0.39 is 0 Å². The second kappa shape index (κ2) is 7.45. The molecule has 0 saturated carbocycles. The third-order valence-electron chi connectivity index (χ3n) is 3.70. The van der Waals surface area contributed by atoms with Crippen molar-refractivity contribution in [3.05, 3.63) is 29.6 Å². The van der Waals surface area contributed by atoms with Gasteiger partial charge in [0.25, 0.3) is 0 Å². The molecule has 0 aromatic heterocycles. The Morgan fingerprint density at radius 1 is 1.50 bits per heavy atom. The molecule has 0 aliphatic carbocycles. The van der Waals surface area contributed by atoms with Crippen molar-refractivity contribution in [3.8, 4) is 0 Å². The molecular weight excluding hydrogens is 283 g/mol. The second-order valence-electron chi connectivity index (χ2n) is 5.74. The Bertz CT molecular complexity index is 533. The summed E-state index contributed by atoms with van der Waals surface area (Å²) in [5.74, 6) is 0.537. The molecule has 1 aliphatic heterocycles. The average molecular weight is 308 g/mol. The highest BCUT2D eigenvalue weighted by atomic mass is 19.1. The molecule has 1 heterocycles. The zero-order valence-electron chi connectivity index (χ0n) is 13.5. The van der Waals surface area contributed by atoms with Crippen LogP contribution in [0.5, 0.6) is 0 Å². The van der Waals surface area contributed by atoms with Gasteiger partial charge in [-0.3, -0.25) is 0 Å². The zero-order chi connectivity index (χ0) is 16.1. The highest BCUT2D eigenvalue weighted by molar-refractivity contribution is 5.80. The molecule has 22 heavy (non-hydrogen) atoms. The number of aliphatic hydroxyl groups is 1. The quantitative estimate of drug-likeness (QED) is 0.652. The van der Waals surface area contributed by atoms with E-state index in [1.807, 2.05) is 32.0 Å². The lowest BCUT2D eigenvalue weighted by Crippen LogP contribution is -2.40. The van der Waals surface area contributed by atoms with Gasteiger partial charge in [-0.05, 0) is 31.0 Å². The Balaban J connectivity index is 2.08. The molecule has 122 valence electrons. The molecule has 1 aromatic rings. The zero-order valence-corrected chi connectivity index (χ0v) is 13.5. The highest BCUT2D eigenvalue weighted by Gasteiger charge is 2.22. The van der Waals surface area contributed by atoms with E-state index in [-0.39, 0.29) is 11.9 Å². The number of aliphatic hydroxyl groups excluding tert-OH is 1. The minimum Gasteiger partial charge on any atom is -0.391 e. The summed E-state index contributed by atoms with van der Waals surface area (Å²) in [6, 6.07) is 5.19. The van der Waals surface area contributed by atoms with Gasteiger partial charge in [-0.25, -0.2) is 9.38 Å². The van der Waals surface area contributed by atoms with Gasteiger partial charge >= 0.3 is 0 Å². The number of rotatable bonds is 4. The largest absolute Gasteiger partial charge is 0.391 e. The number of anilines is 1. The third kappa shape index (κ3) is 4.10. The fourth-order valence-corrected chi connectivity index (χ4v) is 2.54. The summed E-state index contributed by atoms with van der Waals surface area (Å²) in [4.78, 5) is 8.34. The number of nitrogens with zero attached hydrogens (tertiary/aromatic N) is 3. The summed E-state index contributed by atoms with van der Waals surface area (Å²) in [6.07, 6.45) is 0.469. The maximum Gasteiger partial charge on any atom is 0.194 e. The normalized spacial score (nSPS) is 18.7. The molecule has 2 rings (SSSR count). The molecule has 0 bridgehead atoms. The van der Waals surface area contributed by atoms with E-state index in [1.165, 1.54) is 6.07 Å². The van der Waals surface area contributed by atoms with E-state index in [4.69, 9.17) is 0 Å². The minimum atomic E-state index is -0.291. The molecule has 1 saturated heterocycles. The van der Waals surface area contributed by atoms with Gasteiger partial charge in [0.2, 0.25) is 0 Å². The second-order valence-corrected chi connectivity index (χ2v) is 5.74. The molecule has 0 spiro atoms. The van der Waals surface area contributed by atoms with Crippen LogP contribution in [-0.2, 0) is 6.54 Å². The number of nitrogens with one attached hydrogen (secondary N) is 1. The lowest BCUT2D eigenvalue weighted by molar-refractivity contribution is 0.188. The number of likely N-dealkylation sites (tertiary alicyclic amines) is 1. The first-order chi connectivity index (χ1) is 10.5. The van der Waals surface area contributed by atoms with Gasteiger partial charge in [-0.15, -0.1) is 0 Å². The number of hydrogen-bond acceptors (Lipinski definition) is 3. The van der Waals surface area contributed by atoms with Crippen molar-refractivity contribution in [1.29, 1.82) is 0 Å². The molecule has 2 N–H and O–H groups in total. The molecule has 1 atom stereocenters. The first-order valence-corrected chi connectivity index (χ1v) is 7.68. The first kappa shape index (κ1) is 16.5. The number of hydrogen-bond donors (Lipinski definition) is 2. The Kier molecular flexibility index (Phi) is 5.60. The lowest BCUT2D eigenvalue weighted by atomic mass is 10.2. The van der Waals surface area contributed by atoms with Gasteiger partial charge in [0.05, 0.1) is 18.3 Å². The summed E-state index contributed by atoms with van der Waals surface area (Å²) in [7, 11) is 3.64. The molecule has 1 aromatic carbocycles. The minimum absolute atomic E-state index is 0.237. The van der Waals surface area contributed by atoms with E-state index in [2.05, 4.69) is 10.3 Å². The van der Waals surface area contributed by atoms with Crippen LogP contribution in [0.4, 0.5) is 10.1 Å². The van der Waals surface area contributed by atoms with Crippen molar-refractivity contribution in [2.45, 2.75) is 26.0 Å². The number of guanidine groups is 1. The van der Waals surface area contributed by atoms with Crippen LogP contribution < -0.4 is 10.2 Å². The SMILES string of the molecule is CCNC(=NCc1ccc(N(C)C)c(F)c1)N1CC[C@@H](O)C1. The fourth-order valence-electron chi connectivity index (χ4n) is 2.54. The van der Waals surface area contributed by atoms with E-state index in [9.17, 15) is 9.50 Å². The van der Waals surface area contributed by atoms with Crippen LogP contribution in [0.2, 0.25) is 0 Å². The Hall–Kier alpha value is -1.82. The number of aliphatic imine (C=N–C) groups is 1. The Labute approximate surface area is 131 Å². The summed E-state index contributed by atoms with van der Waals surface area (Å²) in [6.45, 7) is 4.58. The van der Waals surface area contributed by atoms with Crippen LogP contribution in [-0.4, -0.2) is 55.8 Å². The molecule has 0 unspecified atom stereocenters. The third-order valence-corrected chi connectivity index (χ3v) is 3.70. The fraction of sp³-hybridized carbons (Fsp3) is 0.562. The van der Waals surface area contributed by atoms with Gasteiger partial charge in [-0.1, -0.05) is 6.07 Å². The molecule has 1 fully saturated rings. The predicted octanol–water partition coefficient (Wildman–Crippen LogP) is 1.42. The van der Waals surface area contributed by atoms with Crippen molar-refractivity contribution in [2.24, 2.45) is 4.99 Å². The summed E-state index contributed by atoms with van der Waals surface area (Å²) >= 11 is 0. The van der Waals surface area contributed by atoms with Crippen molar-refractivity contribution in [1.82, 2.24) is 10.2 Å². The molecule has 1 aliphatic rings. The summed E-state index contributed by atoms with van der Waals surface area (Å²) in [5.41, 5.74) is 1.40. The lowest BCUT2D eigenvalue weighted by Gasteiger charge is -2.21. The van der Waals surface area contributed by atoms with Crippen LogP contribution in [0.25, 0.3) is 0 Å². The number of β-amino-alcohol motifs (C(OH)–C–C–N with tert-alkyl or cyclic N) is 1. The van der Waals surface area contributed by atoms with Crippen LogP contribution in [0.15, 0.2) is 23.2 Å². The van der Waals surface area contributed by atoms with Gasteiger partial charge in [0, 0.05) is 33.7 Å². The highest BCUT2D eigenvalue weighted by Crippen LogP contribution is 2.19. The van der Waals surface area contributed by atoms with E-state index >= 15 is 0 Å². The van der Waals surface area contributed by atoms with Gasteiger partial charge in [-0.2, -0.15) is 0 Å². The molecular formula is C16H25FN4O. The van der Waals surface area contributed by atoms with Gasteiger partial charge in [0.15, 0.2) is 5.96 Å². The summed E-state index contributed by atoms with van der Waals surface area (Å²) in [5, 5.41) is 12.9.